The van der Waals surface area contributed by atoms with Gasteiger partial charge in [0.1, 0.15) is 11.7 Å². The van der Waals surface area contributed by atoms with Crippen molar-refractivity contribution in [1.82, 2.24) is 0 Å². The van der Waals surface area contributed by atoms with Crippen molar-refractivity contribution in [2.75, 3.05) is 6.61 Å². The van der Waals surface area contributed by atoms with Crippen LogP contribution >= 0.6 is 0 Å². The van der Waals surface area contributed by atoms with E-state index in [1.54, 1.807) is 6.92 Å². The summed E-state index contributed by atoms with van der Waals surface area (Å²) < 4.78 is 4.88. The highest BCUT2D eigenvalue weighted by Gasteiger charge is 2.75. The van der Waals surface area contributed by atoms with Gasteiger partial charge in [0, 0.05) is 5.92 Å². The summed E-state index contributed by atoms with van der Waals surface area (Å²) in [5.74, 6) is -2.46. The minimum Gasteiger partial charge on any atom is -0.478 e. The zero-order chi connectivity index (χ0) is 11.9. The number of aliphatic carboxylic acids is 1. The van der Waals surface area contributed by atoms with Crippen molar-refractivity contribution in [3.8, 4) is 0 Å². The second-order valence-corrected chi connectivity index (χ2v) is 4.02. The van der Waals surface area contributed by atoms with Gasteiger partial charge in [0.15, 0.2) is 0 Å². The lowest BCUT2D eigenvalue weighted by Crippen LogP contribution is -2.27. The Morgan fingerprint density at radius 2 is 2.38 bits per heavy atom. The minimum absolute atomic E-state index is 0.0213. The number of fused-ring (bicyclic) bond motifs is 1. The molecule has 2 aliphatic rings. The lowest BCUT2D eigenvalue weighted by atomic mass is 9.94. The van der Waals surface area contributed by atoms with Crippen molar-refractivity contribution in [1.29, 1.82) is 0 Å². The van der Waals surface area contributed by atoms with E-state index in [0.717, 1.165) is 0 Å². The molecule has 1 unspecified atom stereocenters. The van der Waals surface area contributed by atoms with E-state index in [0.29, 0.717) is 12.7 Å². The second-order valence-electron chi connectivity index (χ2n) is 4.02. The smallest absolute Gasteiger partial charge is 0.332 e. The van der Waals surface area contributed by atoms with Crippen LogP contribution in [0.2, 0.25) is 0 Å². The molecule has 0 amide bonds. The van der Waals surface area contributed by atoms with Gasteiger partial charge in [-0.15, -0.1) is 0 Å². The minimum atomic E-state index is -1.19. The summed E-state index contributed by atoms with van der Waals surface area (Å²) in [4.78, 5) is 33.7. The lowest BCUT2D eigenvalue weighted by molar-refractivity contribution is -0.151. The van der Waals surface area contributed by atoms with E-state index in [9.17, 15) is 14.4 Å². The molecule has 0 aromatic rings. The van der Waals surface area contributed by atoms with Crippen molar-refractivity contribution in [3.05, 3.63) is 11.6 Å². The quantitative estimate of drug-likeness (QED) is 0.552. The molecule has 0 radical (unpaired) electrons. The average molecular weight is 224 g/mol. The fourth-order valence-corrected chi connectivity index (χ4v) is 2.73. The van der Waals surface area contributed by atoms with E-state index < -0.39 is 23.3 Å². The number of aldehydes is 1. The Bertz CT molecular complexity index is 397. The summed E-state index contributed by atoms with van der Waals surface area (Å²) in [7, 11) is 0. The Labute approximate surface area is 92.1 Å². The molecule has 16 heavy (non-hydrogen) atoms. The molecule has 1 N–H and O–H groups in total. The third-order valence-corrected chi connectivity index (χ3v) is 3.45. The number of esters is 1. The van der Waals surface area contributed by atoms with Gasteiger partial charge in [-0.1, -0.05) is 6.08 Å². The number of carbonyl (C=O) groups excluding carboxylic acids is 2. The first-order valence-electron chi connectivity index (χ1n) is 5.17. The molecule has 5 nitrogen and oxygen atoms in total. The first-order chi connectivity index (χ1) is 7.60. The van der Waals surface area contributed by atoms with E-state index in [1.807, 2.05) is 0 Å². The van der Waals surface area contributed by atoms with Gasteiger partial charge in [-0.3, -0.25) is 4.79 Å². The molecule has 5 heteroatoms. The molecule has 0 aliphatic heterocycles. The number of carboxylic acids is 1. The monoisotopic (exact) mass is 224 g/mol. The molecule has 0 heterocycles. The maximum atomic E-state index is 11.8. The van der Waals surface area contributed by atoms with E-state index in [-0.39, 0.29) is 18.1 Å². The van der Waals surface area contributed by atoms with Gasteiger partial charge in [0.25, 0.3) is 0 Å². The first kappa shape index (κ1) is 10.9. The summed E-state index contributed by atoms with van der Waals surface area (Å²) in [6, 6.07) is 0. The van der Waals surface area contributed by atoms with Crippen LogP contribution < -0.4 is 0 Å². The zero-order valence-corrected chi connectivity index (χ0v) is 8.80. The molecular weight excluding hydrogens is 212 g/mol. The Morgan fingerprint density at radius 3 is 2.81 bits per heavy atom. The number of allylic oxidation sites excluding steroid dienone is 1. The van der Waals surface area contributed by atoms with Crippen LogP contribution in [0, 0.1) is 17.3 Å². The van der Waals surface area contributed by atoms with Crippen LogP contribution in [0.4, 0.5) is 0 Å². The highest BCUT2D eigenvalue weighted by Crippen LogP contribution is 2.68. The third kappa shape index (κ3) is 1.08. The van der Waals surface area contributed by atoms with Gasteiger partial charge in [0.2, 0.25) is 0 Å². The lowest BCUT2D eigenvalue weighted by Gasteiger charge is -2.13. The predicted molar refractivity (Wildman–Crippen MR) is 52.4 cm³/mol. The van der Waals surface area contributed by atoms with Crippen LogP contribution in [0.15, 0.2) is 11.6 Å². The Balaban J connectivity index is 2.35. The molecule has 0 saturated heterocycles. The Kier molecular flexibility index (Phi) is 2.33. The van der Waals surface area contributed by atoms with Crippen molar-refractivity contribution in [2.45, 2.75) is 13.3 Å². The second kappa shape index (κ2) is 3.43. The average Bonchev–Trinajstić information content (AvgIpc) is 2.71. The van der Waals surface area contributed by atoms with Crippen LogP contribution in [0.1, 0.15) is 13.3 Å². The van der Waals surface area contributed by atoms with Crippen molar-refractivity contribution >= 4 is 18.2 Å². The largest absolute Gasteiger partial charge is 0.478 e. The number of rotatable bonds is 4. The predicted octanol–water partition coefficient (Wildman–Crippen LogP) is 0.395. The van der Waals surface area contributed by atoms with Crippen LogP contribution in [0.5, 0.6) is 0 Å². The summed E-state index contributed by atoms with van der Waals surface area (Å²) >= 11 is 0. The number of hydrogen-bond donors (Lipinski definition) is 1. The highest BCUT2D eigenvalue weighted by atomic mass is 16.5. The molecule has 86 valence electrons. The van der Waals surface area contributed by atoms with Crippen molar-refractivity contribution in [3.63, 3.8) is 0 Å². The third-order valence-electron chi connectivity index (χ3n) is 3.45. The van der Waals surface area contributed by atoms with Gasteiger partial charge in [-0.05, 0) is 19.3 Å². The van der Waals surface area contributed by atoms with E-state index in [4.69, 9.17) is 9.84 Å². The number of carbonyl (C=O) groups is 3. The van der Waals surface area contributed by atoms with E-state index >= 15 is 0 Å². The topological polar surface area (TPSA) is 80.7 Å². The Hall–Kier alpha value is -1.65. The molecule has 0 bridgehead atoms. The van der Waals surface area contributed by atoms with Gasteiger partial charge in [0.05, 0.1) is 12.2 Å². The Morgan fingerprint density at radius 1 is 1.69 bits per heavy atom. The maximum absolute atomic E-state index is 11.8. The van der Waals surface area contributed by atoms with E-state index in [1.165, 1.54) is 6.08 Å². The molecular formula is C11H12O5. The molecule has 2 rings (SSSR count). The van der Waals surface area contributed by atoms with Gasteiger partial charge < -0.3 is 14.6 Å². The van der Waals surface area contributed by atoms with Crippen molar-refractivity contribution < 1.29 is 24.2 Å². The fraction of sp³-hybridized carbons (Fsp3) is 0.545. The number of carboxylic acid groups (broad SMARTS) is 1. The molecule has 0 aromatic carbocycles. The van der Waals surface area contributed by atoms with Crippen LogP contribution in [0.25, 0.3) is 0 Å². The molecule has 0 aromatic heterocycles. The fourth-order valence-electron chi connectivity index (χ4n) is 2.73. The van der Waals surface area contributed by atoms with Crippen LogP contribution in [-0.4, -0.2) is 29.9 Å². The first-order valence-corrected chi connectivity index (χ1v) is 5.17. The molecule has 2 aliphatic carbocycles. The van der Waals surface area contributed by atoms with Crippen LogP contribution in [0.3, 0.4) is 0 Å². The normalized spacial score (nSPS) is 34.9. The zero-order valence-electron chi connectivity index (χ0n) is 8.80. The van der Waals surface area contributed by atoms with Gasteiger partial charge in [-0.25, -0.2) is 4.79 Å². The number of hydrogen-bond acceptors (Lipinski definition) is 4. The summed E-state index contributed by atoms with van der Waals surface area (Å²) in [6.07, 6.45) is 2.64. The van der Waals surface area contributed by atoms with Gasteiger partial charge >= 0.3 is 11.9 Å². The number of ether oxygens (including phenoxy) is 1. The standard InChI is InChI=1S/C11H12O5/c1-2-16-10(15)11-6(8(11)5-12)3-4-7(11)9(13)14/h4-6,8H,2-3H2,1H3,(H,13,14)/t6-,8?,11-/m0/s1. The van der Waals surface area contributed by atoms with Crippen LogP contribution in [-0.2, 0) is 19.1 Å². The summed E-state index contributed by atoms with van der Waals surface area (Å²) in [6.45, 7) is 1.84. The molecule has 1 fully saturated rings. The van der Waals surface area contributed by atoms with Gasteiger partial charge in [-0.2, -0.15) is 0 Å². The van der Waals surface area contributed by atoms with Crippen molar-refractivity contribution in [2.24, 2.45) is 17.3 Å². The van der Waals surface area contributed by atoms with E-state index in [2.05, 4.69) is 0 Å². The molecule has 1 saturated carbocycles. The highest BCUT2D eigenvalue weighted by molar-refractivity contribution is 6.04. The molecule has 0 spiro atoms. The summed E-state index contributed by atoms with van der Waals surface area (Å²) in [5.41, 5.74) is -1.17. The summed E-state index contributed by atoms with van der Waals surface area (Å²) in [5, 5.41) is 9.01. The molecule has 3 atom stereocenters. The SMILES string of the molecule is CCOC(=O)[C@]12C(C(=O)O)=CC[C@H]1C2C=O. The maximum Gasteiger partial charge on any atom is 0.332 e.